The number of aromatic nitrogens is 1. The second kappa shape index (κ2) is 7.93. The minimum atomic E-state index is -0.374. The lowest BCUT2D eigenvalue weighted by molar-refractivity contribution is 0.365. The van der Waals surface area contributed by atoms with E-state index in [4.69, 9.17) is 16.1 Å². The number of hydrogen-bond acceptors (Lipinski definition) is 3. The quantitative estimate of drug-likeness (QED) is 0.832. The lowest BCUT2D eigenvalue weighted by Gasteiger charge is -2.22. The van der Waals surface area contributed by atoms with Crippen molar-refractivity contribution in [2.45, 2.75) is 57.5 Å². The second-order valence-electron chi connectivity index (χ2n) is 6.24. The summed E-state index contributed by atoms with van der Waals surface area (Å²) in [6.45, 7) is 0.790. The molecule has 23 heavy (non-hydrogen) atoms. The molecule has 1 fully saturated rings. The Balaban J connectivity index is 1.54. The Morgan fingerprint density at radius 2 is 2.04 bits per heavy atom. The van der Waals surface area contributed by atoms with Gasteiger partial charge in [-0.3, -0.25) is 0 Å². The van der Waals surface area contributed by atoms with Crippen LogP contribution in [0.4, 0.5) is 4.39 Å². The van der Waals surface area contributed by atoms with Crippen LogP contribution < -0.4 is 5.32 Å². The molecule has 0 atom stereocenters. The fraction of sp³-hybridized carbons (Fsp3) is 0.500. The van der Waals surface area contributed by atoms with Gasteiger partial charge in [-0.05, 0) is 37.0 Å². The van der Waals surface area contributed by atoms with Crippen molar-refractivity contribution in [1.29, 1.82) is 0 Å². The normalized spacial score (nSPS) is 15.9. The molecule has 0 saturated heterocycles. The van der Waals surface area contributed by atoms with Gasteiger partial charge in [0.15, 0.2) is 0 Å². The maximum Gasteiger partial charge on any atom is 0.142 e. The Hall–Kier alpha value is -1.39. The highest BCUT2D eigenvalue weighted by Crippen LogP contribution is 2.20. The fourth-order valence-electron chi connectivity index (χ4n) is 3.15. The topological polar surface area (TPSA) is 38.1 Å². The van der Waals surface area contributed by atoms with Crippen molar-refractivity contribution >= 4 is 11.6 Å². The molecule has 3 nitrogen and oxygen atoms in total. The van der Waals surface area contributed by atoms with E-state index >= 15 is 0 Å². The average Bonchev–Trinajstić information content (AvgIpc) is 3.02. The van der Waals surface area contributed by atoms with E-state index in [1.165, 1.54) is 38.2 Å². The number of aryl methyl sites for hydroxylation is 2. The number of benzene rings is 1. The Morgan fingerprint density at radius 1 is 1.22 bits per heavy atom. The van der Waals surface area contributed by atoms with Crippen molar-refractivity contribution in [2.75, 3.05) is 0 Å². The maximum atomic E-state index is 13.5. The van der Waals surface area contributed by atoms with Crippen LogP contribution in [0.5, 0.6) is 0 Å². The first kappa shape index (κ1) is 16.5. The number of rotatable bonds is 6. The monoisotopic (exact) mass is 336 g/mol. The van der Waals surface area contributed by atoms with Crippen LogP contribution in [-0.4, -0.2) is 11.2 Å². The summed E-state index contributed by atoms with van der Waals surface area (Å²) in [6, 6.07) is 5.54. The average molecular weight is 337 g/mol. The number of hydrogen-bond donors (Lipinski definition) is 1. The zero-order valence-corrected chi connectivity index (χ0v) is 13.9. The molecule has 0 radical (unpaired) electrons. The molecule has 1 heterocycles. The molecule has 0 amide bonds. The molecular formula is C18H22ClFN2O. The van der Waals surface area contributed by atoms with Crippen LogP contribution in [0.1, 0.15) is 49.0 Å². The minimum absolute atomic E-state index is 0.158. The molecule has 2 aromatic rings. The number of nitrogens with one attached hydrogen (secondary N) is 1. The fourth-order valence-corrected chi connectivity index (χ4v) is 3.27. The molecule has 1 aromatic heterocycles. The van der Waals surface area contributed by atoms with Gasteiger partial charge in [0, 0.05) is 24.6 Å². The van der Waals surface area contributed by atoms with Gasteiger partial charge in [0.1, 0.15) is 11.6 Å². The van der Waals surface area contributed by atoms with Crippen LogP contribution in [0.25, 0.3) is 0 Å². The first-order chi connectivity index (χ1) is 11.2. The third kappa shape index (κ3) is 4.55. The van der Waals surface area contributed by atoms with E-state index < -0.39 is 0 Å². The van der Waals surface area contributed by atoms with Crippen molar-refractivity contribution in [3.05, 3.63) is 52.1 Å². The zero-order valence-electron chi connectivity index (χ0n) is 13.2. The Kier molecular flexibility index (Phi) is 5.68. The predicted molar refractivity (Wildman–Crippen MR) is 89.0 cm³/mol. The van der Waals surface area contributed by atoms with Crippen LogP contribution in [0.15, 0.2) is 28.9 Å². The molecule has 1 aliphatic rings. The Morgan fingerprint density at radius 3 is 2.83 bits per heavy atom. The van der Waals surface area contributed by atoms with Crippen LogP contribution in [0.3, 0.4) is 0 Å². The van der Waals surface area contributed by atoms with Crippen molar-refractivity contribution in [2.24, 2.45) is 0 Å². The van der Waals surface area contributed by atoms with Gasteiger partial charge >= 0.3 is 0 Å². The number of halogens is 2. The SMILES string of the molecule is Fc1cc(CCc2oncc2CNC2CCCCC2)ccc1Cl. The van der Waals surface area contributed by atoms with Crippen LogP contribution in [0, 0.1) is 5.82 Å². The molecular weight excluding hydrogens is 315 g/mol. The van der Waals surface area contributed by atoms with Crippen molar-refractivity contribution < 1.29 is 8.91 Å². The summed E-state index contributed by atoms with van der Waals surface area (Å²) in [4.78, 5) is 0. The Bertz CT molecular complexity index is 638. The predicted octanol–water partition coefficient (Wildman–Crippen LogP) is 4.67. The van der Waals surface area contributed by atoms with Crippen molar-refractivity contribution in [3.63, 3.8) is 0 Å². The van der Waals surface area contributed by atoms with Gasteiger partial charge in [0.05, 0.1) is 11.2 Å². The van der Waals surface area contributed by atoms with E-state index in [0.29, 0.717) is 18.9 Å². The summed E-state index contributed by atoms with van der Waals surface area (Å²) >= 11 is 5.71. The standard InChI is InChI=1S/C18H22ClFN2O/c19-16-8-6-13(10-17(16)20)7-9-18-14(12-22-23-18)11-21-15-4-2-1-3-5-15/h6,8,10,12,15,21H,1-5,7,9,11H2. The van der Waals surface area contributed by atoms with E-state index in [1.807, 2.05) is 6.07 Å². The van der Waals surface area contributed by atoms with Crippen LogP contribution >= 0.6 is 11.6 Å². The highest BCUT2D eigenvalue weighted by Gasteiger charge is 2.15. The molecule has 1 aromatic carbocycles. The van der Waals surface area contributed by atoms with Gasteiger partial charge in [0.25, 0.3) is 0 Å². The van der Waals surface area contributed by atoms with Gasteiger partial charge in [-0.25, -0.2) is 4.39 Å². The highest BCUT2D eigenvalue weighted by atomic mass is 35.5. The minimum Gasteiger partial charge on any atom is -0.361 e. The lowest BCUT2D eigenvalue weighted by Crippen LogP contribution is -2.30. The lowest BCUT2D eigenvalue weighted by atomic mass is 9.95. The molecule has 0 unspecified atom stereocenters. The highest BCUT2D eigenvalue weighted by molar-refractivity contribution is 6.30. The van der Waals surface area contributed by atoms with Gasteiger partial charge in [-0.15, -0.1) is 0 Å². The summed E-state index contributed by atoms with van der Waals surface area (Å²) in [5.41, 5.74) is 2.01. The first-order valence-electron chi connectivity index (χ1n) is 8.32. The second-order valence-corrected chi connectivity index (χ2v) is 6.65. The third-order valence-corrected chi connectivity index (χ3v) is 4.85. The van der Waals surface area contributed by atoms with Gasteiger partial charge in [-0.1, -0.05) is 42.1 Å². The van der Waals surface area contributed by atoms with E-state index in [9.17, 15) is 4.39 Å². The molecule has 124 valence electrons. The van der Waals surface area contributed by atoms with E-state index in [-0.39, 0.29) is 10.8 Å². The largest absolute Gasteiger partial charge is 0.361 e. The molecule has 0 bridgehead atoms. The van der Waals surface area contributed by atoms with Crippen molar-refractivity contribution in [1.82, 2.24) is 10.5 Å². The van der Waals surface area contributed by atoms with Gasteiger partial charge in [0.2, 0.25) is 0 Å². The molecule has 3 rings (SSSR count). The summed E-state index contributed by atoms with van der Waals surface area (Å²) in [6.07, 6.45) is 9.70. The molecule has 5 heteroatoms. The van der Waals surface area contributed by atoms with E-state index in [1.54, 1.807) is 12.3 Å². The molecule has 1 saturated carbocycles. The zero-order chi connectivity index (χ0) is 16.1. The van der Waals surface area contributed by atoms with Crippen LogP contribution in [-0.2, 0) is 19.4 Å². The summed E-state index contributed by atoms with van der Waals surface area (Å²) in [5.74, 6) is 0.504. The molecule has 1 N–H and O–H groups in total. The molecule has 0 spiro atoms. The summed E-state index contributed by atoms with van der Waals surface area (Å²) < 4.78 is 18.8. The van der Waals surface area contributed by atoms with E-state index in [2.05, 4.69) is 10.5 Å². The third-order valence-electron chi connectivity index (χ3n) is 4.54. The summed E-state index contributed by atoms with van der Waals surface area (Å²) in [5, 5.41) is 7.68. The Labute approximate surface area is 141 Å². The van der Waals surface area contributed by atoms with E-state index in [0.717, 1.165) is 23.4 Å². The molecule has 0 aliphatic heterocycles. The van der Waals surface area contributed by atoms with Crippen LogP contribution in [0.2, 0.25) is 5.02 Å². The van der Waals surface area contributed by atoms with Gasteiger partial charge < -0.3 is 9.84 Å². The smallest absolute Gasteiger partial charge is 0.142 e. The van der Waals surface area contributed by atoms with Crippen molar-refractivity contribution in [3.8, 4) is 0 Å². The number of nitrogens with zero attached hydrogens (tertiary/aromatic N) is 1. The summed E-state index contributed by atoms with van der Waals surface area (Å²) in [7, 11) is 0. The van der Waals surface area contributed by atoms with Gasteiger partial charge in [-0.2, -0.15) is 0 Å². The maximum absolute atomic E-state index is 13.5. The molecule has 1 aliphatic carbocycles. The first-order valence-corrected chi connectivity index (χ1v) is 8.70.